The van der Waals surface area contributed by atoms with Crippen molar-refractivity contribution in [3.63, 3.8) is 0 Å². The number of nitrogens with two attached hydrogens (primary N) is 1. The summed E-state index contributed by atoms with van der Waals surface area (Å²) >= 11 is 0. The van der Waals surface area contributed by atoms with Gasteiger partial charge in [0.1, 0.15) is 5.75 Å². The molecule has 1 aromatic carbocycles. The van der Waals surface area contributed by atoms with Gasteiger partial charge < -0.3 is 20.7 Å². The molecule has 4 N–H and O–H groups in total. The van der Waals surface area contributed by atoms with Crippen LogP contribution in [-0.2, 0) is 0 Å². The van der Waals surface area contributed by atoms with Gasteiger partial charge in [-0.1, -0.05) is 18.2 Å². The van der Waals surface area contributed by atoms with E-state index < -0.39 is 30.9 Å². The van der Waals surface area contributed by atoms with Gasteiger partial charge in [-0.15, -0.1) is 13.2 Å². The lowest BCUT2D eigenvalue weighted by Crippen LogP contribution is -2.32. The minimum absolute atomic E-state index is 0.119. The molecule has 0 saturated heterocycles. The van der Waals surface area contributed by atoms with E-state index in [2.05, 4.69) is 4.74 Å². The first-order chi connectivity index (χ1) is 7.85. The maximum atomic E-state index is 12.1. The highest BCUT2D eigenvalue weighted by Gasteiger charge is 2.33. The van der Waals surface area contributed by atoms with Crippen molar-refractivity contribution in [3.8, 4) is 5.75 Å². The molecule has 0 heterocycles. The number of benzene rings is 1. The molecule has 1 aromatic rings. The van der Waals surface area contributed by atoms with Gasteiger partial charge in [0.25, 0.3) is 0 Å². The van der Waals surface area contributed by atoms with Gasteiger partial charge in [-0.25, -0.2) is 0 Å². The Morgan fingerprint density at radius 2 is 1.88 bits per heavy atom. The van der Waals surface area contributed by atoms with Crippen molar-refractivity contribution < 1.29 is 28.1 Å². The van der Waals surface area contributed by atoms with E-state index >= 15 is 0 Å². The van der Waals surface area contributed by atoms with Crippen molar-refractivity contribution in [3.05, 3.63) is 29.8 Å². The van der Waals surface area contributed by atoms with Crippen molar-refractivity contribution in [2.24, 2.45) is 5.73 Å². The smallest absolute Gasteiger partial charge is 0.405 e. The lowest BCUT2D eigenvalue weighted by atomic mass is 10.0. The maximum Gasteiger partial charge on any atom is 0.573 e. The fraction of sp³-hybridized carbons (Fsp3) is 0.400. The van der Waals surface area contributed by atoms with Crippen LogP contribution in [-0.4, -0.2) is 29.2 Å². The third kappa shape index (κ3) is 3.88. The third-order valence-electron chi connectivity index (χ3n) is 2.08. The molecule has 0 aliphatic rings. The van der Waals surface area contributed by atoms with Crippen LogP contribution in [0.1, 0.15) is 11.7 Å². The molecule has 0 radical (unpaired) electrons. The first-order valence-electron chi connectivity index (χ1n) is 4.74. The number of hydrogen-bond donors (Lipinski definition) is 3. The predicted octanol–water partition coefficient (Wildman–Crippen LogP) is 0.938. The Labute approximate surface area is 95.4 Å². The fourth-order valence-electron chi connectivity index (χ4n) is 1.27. The quantitative estimate of drug-likeness (QED) is 0.744. The molecule has 0 aliphatic heterocycles. The van der Waals surface area contributed by atoms with Crippen LogP contribution in [0, 0.1) is 0 Å². The summed E-state index contributed by atoms with van der Waals surface area (Å²) in [6.07, 6.45) is -6.28. The van der Waals surface area contributed by atoms with Gasteiger partial charge in [-0.3, -0.25) is 0 Å². The fourth-order valence-corrected chi connectivity index (χ4v) is 1.27. The summed E-state index contributed by atoms with van der Waals surface area (Å²) in [5.74, 6) is -0.531. The van der Waals surface area contributed by atoms with E-state index in [1.807, 2.05) is 0 Å². The number of aliphatic hydroxyl groups is 2. The predicted molar refractivity (Wildman–Crippen MR) is 53.1 cm³/mol. The summed E-state index contributed by atoms with van der Waals surface area (Å²) < 4.78 is 40.0. The highest BCUT2D eigenvalue weighted by atomic mass is 19.4. The van der Waals surface area contributed by atoms with Crippen molar-refractivity contribution in [1.29, 1.82) is 0 Å². The highest BCUT2D eigenvalue weighted by molar-refractivity contribution is 5.36. The Morgan fingerprint density at radius 3 is 2.41 bits per heavy atom. The molecule has 7 heteroatoms. The zero-order valence-electron chi connectivity index (χ0n) is 8.69. The topological polar surface area (TPSA) is 75.7 Å². The standard InChI is InChI=1S/C10H12F3NO3/c11-10(12,13)17-8-4-2-1-3-6(8)9(16)7(14)5-15/h1-4,7,9,15-16H,5,14H2. The van der Waals surface area contributed by atoms with Gasteiger partial charge in [0.05, 0.1) is 18.8 Å². The average Bonchev–Trinajstić information content (AvgIpc) is 2.25. The number of para-hydroxylation sites is 1. The molecule has 0 bridgehead atoms. The minimum Gasteiger partial charge on any atom is -0.405 e. The van der Waals surface area contributed by atoms with Crippen LogP contribution in [0.2, 0.25) is 0 Å². The second kappa shape index (κ2) is 5.35. The normalized spacial score (nSPS) is 15.4. The summed E-state index contributed by atoms with van der Waals surface area (Å²) in [7, 11) is 0. The first kappa shape index (κ1) is 13.8. The van der Waals surface area contributed by atoms with Gasteiger partial charge >= 0.3 is 6.36 Å². The van der Waals surface area contributed by atoms with Gasteiger partial charge in [-0.2, -0.15) is 0 Å². The van der Waals surface area contributed by atoms with Gasteiger partial charge in [0.15, 0.2) is 0 Å². The van der Waals surface area contributed by atoms with Crippen molar-refractivity contribution in [2.75, 3.05) is 6.61 Å². The van der Waals surface area contributed by atoms with E-state index in [0.29, 0.717) is 0 Å². The van der Waals surface area contributed by atoms with Crippen LogP contribution in [0.5, 0.6) is 5.75 Å². The van der Waals surface area contributed by atoms with Crippen LogP contribution < -0.4 is 10.5 Å². The van der Waals surface area contributed by atoms with Crippen LogP contribution in [0.4, 0.5) is 13.2 Å². The lowest BCUT2D eigenvalue weighted by molar-refractivity contribution is -0.275. The molecular formula is C10H12F3NO3. The van der Waals surface area contributed by atoms with Crippen LogP contribution in [0.15, 0.2) is 24.3 Å². The van der Waals surface area contributed by atoms with Gasteiger partial charge in [0, 0.05) is 5.56 Å². The lowest BCUT2D eigenvalue weighted by Gasteiger charge is -2.20. The monoisotopic (exact) mass is 251 g/mol. The van der Waals surface area contributed by atoms with E-state index in [-0.39, 0.29) is 5.56 Å². The molecule has 0 aliphatic carbocycles. The molecular weight excluding hydrogens is 239 g/mol. The van der Waals surface area contributed by atoms with Crippen LogP contribution >= 0.6 is 0 Å². The molecule has 0 spiro atoms. The SMILES string of the molecule is NC(CO)C(O)c1ccccc1OC(F)(F)F. The number of aliphatic hydroxyl groups excluding tert-OH is 2. The van der Waals surface area contributed by atoms with Crippen LogP contribution in [0.25, 0.3) is 0 Å². The zero-order valence-corrected chi connectivity index (χ0v) is 8.69. The summed E-state index contributed by atoms with van der Waals surface area (Å²) in [6.45, 7) is -0.554. The van der Waals surface area contributed by atoms with Crippen molar-refractivity contribution >= 4 is 0 Å². The van der Waals surface area contributed by atoms with E-state index in [0.717, 1.165) is 6.07 Å². The Morgan fingerprint density at radius 1 is 1.29 bits per heavy atom. The first-order valence-corrected chi connectivity index (χ1v) is 4.74. The average molecular weight is 251 g/mol. The number of ether oxygens (including phenoxy) is 1. The Kier molecular flexibility index (Phi) is 4.33. The van der Waals surface area contributed by atoms with Crippen molar-refractivity contribution in [1.82, 2.24) is 0 Å². The second-order valence-corrected chi connectivity index (χ2v) is 3.38. The largest absolute Gasteiger partial charge is 0.573 e. The van der Waals surface area contributed by atoms with E-state index in [1.165, 1.54) is 18.2 Å². The summed E-state index contributed by atoms with van der Waals surface area (Å²) in [4.78, 5) is 0. The Bertz CT molecular complexity index is 370. The van der Waals surface area contributed by atoms with E-state index in [4.69, 9.17) is 10.8 Å². The minimum atomic E-state index is -4.85. The van der Waals surface area contributed by atoms with Crippen LogP contribution in [0.3, 0.4) is 0 Å². The molecule has 1 rings (SSSR count). The highest BCUT2D eigenvalue weighted by Crippen LogP contribution is 2.31. The molecule has 4 nitrogen and oxygen atoms in total. The second-order valence-electron chi connectivity index (χ2n) is 3.38. The molecule has 0 saturated carbocycles. The van der Waals surface area contributed by atoms with Crippen molar-refractivity contribution in [2.45, 2.75) is 18.5 Å². The maximum absolute atomic E-state index is 12.1. The summed E-state index contributed by atoms with van der Waals surface area (Å²) in [5, 5.41) is 18.4. The molecule has 0 aromatic heterocycles. The Hall–Kier alpha value is -1.31. The summed E-state index contributed by atoms with van der Waals surface area (Å²) in [6, 6.07) is 4.01. The van der Waals surface area contributed by atoms with Gasteiger partial charge in [-0.05, 0) is 6.07 Å². The molecule has 0 amide bonds. The third-order valence-corrected chi connectivity index (χ3v) is 2.08. The molecule has 2 atom stereocenters. The molecule has 17 heavy (non-hydrogen) atoms. The van der Waals surface area contributed by atoms with Gasteiger partial charge in [0.2, 0.25) is 0 Å². The number of hydrogen-bond acceptors (Lipinski definition) is 4. The van der Waals surface area contributed by atoms with E-state index in [1.54, 1.807) is 0 Å². The zero-order chi connectivity index (χ0) is 13.1. The molecule has 2 unspecified atom stereocenters. The number of alkyl halides is 3. The number of halogens is 3. The number of rotatable bonds is 4. The van der Waals surface area contributed by atoms with E-state index in [9.17, 15) is 18.3 Å². The molecule has 96 valence electrons. The summed E-state index contributed by atoms with van der Waals surface area (Å²) in [5.41, 5.74) is 5.23. The Balaban J connectivity index is 2.99. The molecule has 0 fully saturated rings.